The molecule has 0 aliphatic rings. The van der Waals surface area contributed by atoms with Gasteiger partial charge < -0.3 is 9.15 Å². The summed E-state index contributed by atoms with van der Waals surface area (Å²) >= 11 is 0. The summed E-state index contributed by atoms with van der Waals surface area (Å²) in [5.41, 5.74) is 1.08. The predicted molar refractivity (Wildman–Crippen MR) is 94.2 cm³/mol. The fourth-order valence-corrected chi connectivity index (χ4v) is 3.62. The van der Waals surface area contributed by atoms with E-state index in [1.807, 2.05) is 0 Å². The average Bonchev–Trinajstić information content (AvgIpc) is 3.24. The number of nitrogens with one attached hydrogen (secondary N) is 2. The summed E-state index contributed by atoms with van der Waals surface area (Å²) in [6, 6.07) is 9.18. The van der Waals surface area contributed by atoms with Crippen molar-refractivity contribution in [2.75, 3.05) is 11.3 Å². The van der Waals surface area contributed by atoms with Gasteiger partial charge in [0.1, 0.15) is 16.3 Å². The van der Waals surface area contributed by atoms with Crippen LogP contribution in [0.4, 0.5) is 5.69 Å². The van der Waals surface area contributed by atoms with Gasteiger partial charge in [0.15, 0.2) is 5.76 Å². The molecule has 1 aromatic carbocycles. The molecule has 0 saturated carbocycles. The second-order valence-electron chi connectivity index (χ2n) is 5.41. The van der Waals surface area contributed by atoms with Crippen molar-refractivity contribution < 1.29 is 22.4 Å². The number of anilines is 1. The topological polar surface area (TPSA) is 114 Å². The van der Waals surface area contributed by atoms with E-state index in [0.717, 1.165) is 0 Å². The van der Waals surface area contributed by atoms with Gasteiger partial charge in [0, 0.05) is 18.0 Å². The van der Waals surface area contributed by atoms with E-state index in [0.29, 0.717) is 11.5 Å². The fraction of sp³-hybridized carbons (Fsp3) is 0.176. The number of hydrogen-bond donors (Lipinski definition) is 2. The summed E-state index contributed by atoms with van der Waals surface area (Å²) < 4.78 is 38.3. The van der Waals surface area contributed by atoms with Gasteiger partial charge in [-0.15, -0.1) is 0 Å². The lowest BCUT2D eigenvalue weighted by Crippen LogP contribution is -2.14. The maximum Gasteiger partial charge on any atom is 0.338 e. The van der Waals surface area contributed by atoms with Crippen LogP contribution in [0.3, 0.4) is 0 Å². The number of furan rings is 1. The molecule has 136 valence electrons. The lowest BCUT2D eigenvalue weighted by Gasteiger charge is -2.08. The van der Waals surface area contributed by atoms with Crippen molar-refractivity contribution in [3.05, 3.63) is 53.9 Å². The van der Waals surface area contributed by atoms with Crippen molar-refractivity contribution in [2.45, 2.75) is 18.7 Å². The van der Waals surface area contributed by atoms with Gasteiger partial charge in [0.25, 0.3) is 10.0 Å². The molecule has 3 aromatic rings. The maximum atomic E-state index is 12.7. The van der Waals surface area contributed by atoms with Gasteiger partial charge in [-0.3, -0.25) is 9.82 Å². The highest BCUT2D eigenvalue weighted by Crippen LogP contribution is 2.28. The molecule has 0 atom stereocenters. The molecule has 3 rings (SSSR count). The quantitative estimate of drug-likeness (QED) is 0.640. The van der Waals surface area contributed by atoms with Gasteiger partial charge in [0.05, 0.1) is 12.2 Å². The number of benzene rings is 1. The molecule has 0 unspecified atom stereocenters. The highest BCUT2D eigenvalue weighted by atomic mass is 32.2. The van der Waals surface area contributed by atoms with Crippen LogP contribution in [0.2, 0.25) is 0 Å². The van der Waals surface area contributed by atoms with E-state index >= 15 is 0 Å². The standard InChI is InChI=1S/C17H17N3O5S/c1-3-24-17(21)12-5-4-6-13(9-12)20-26(22,23)16-10-15(25-11(16)2)14-7-8-18-19-14/h4-10,20H,3H2,1-2H3,(H,18,19). The Bertz CT molecular complexity index is 1020. The summed E-state index contributed by atoms with van der Waals surface area (Å²) in [7, 11) is -3.90. The second-order valence-corrected chi connectivity index (χ2v) is 7.06. The number of esters is 1. The third kappa shape index (κ3) is 3.62. The van der Waals surface area contributed by atoms with Crippen molar-refractivity contribution in [1.29, 1.82) is 0 Å². The minimum atomic E-state index is -3.90. The van der Waals surface area contributed by atoms with Crippen molar-refractivity contribution in [3.8, 4) is 11.5 Å². The molecule has 0 aliphatic heterocycles. The number of H-pyrrole nitrogens is 1. The van der Waals surface area contributed by atoms with Crippen LogP contribution in [0, 0.1) is 6.92 Å². The lowest BCUT2D eigenvalue weighted by molar-refractivity contribution is 0.0526. The molecule has 0 bridgehead atoms. The number of carbonyl (C=O) groups excluding carboxylic acids is 1. The Morgan fingerprint density at radius 1 is 1.31 bits per heavy atom. The number of aryl methyl sites for hydroxylation is 1. The van der Waals surface area contributed by atoms with Crippen LogP contribution in [0.15, 0.2) is 51.9 Å². The van der Waals surface area contributed by atoms with E-state index < -0.39 is 16.0 Å². The van der Waals surface area contributed by atoms with E-state index in [1.165, 1.54) is 12.1 Å². The first-order valence-electron chi connectivity index (χ1n) is 7.81. The normalized spacial score (nSPS) is 11.3. The lowest BCUT2D eigenvalue weighted by atomic mass is 10.2. The molecule has 9 heteroatoms. The van der Waals surface area contributed by atoms with Crippen molar-refractivity contribution in [2.24, 2.45) is 0 Å². The Morgan fingerprint density at radius 2 is 2.12 bits per heavy atom. The van der Waals surface area contributed by atoms with Gasteiger partial charge in [-0.25, -0.2) is 13.2 Å². The maximum absolute atomic E-state index is 12.7. The molecule has 2 N–H and O–H groups in total. The monoisotopic (exact) mass is 375 g/mol. The number of carbonyl (C=O) groups is 1. The first kappa shape index (κ1) is 17.7. The number of hydrogen-bond acceptors (Lipinski definition) is 6. The number of ether oxygens (including phenoxy) is 1. The molecule has 0 amide bonds. The Labute approximate surface area is 150 Å². The second kappa shape index (κ2) is 7.04. The molecular weight excluding hydrogens is 358 g/mol. The van der Waals surface area contributed by atoms with Crippen LogP contribution >= 0.6 is 0 Å². The largest absolute Gasteiger partial charge is 0.462 e. The Kier molecular flexibility index (Phi) is 4.81. The van der Waals surface area contributed by atoms with Crippen LogP contribution in [0.25, 0.3) is 11.5 Å². The summed E-state index contributed by atoms with van der Waals surface area (Å²) in [6.07, 6.45) is 1.54. The zero-order chi connectivity index (χ0) is 18.7. The van der Waals surface area contributed by atoms with E-state index in [1.54, 1.807) is 44.3 Å². The third-order valence-corrected chi connectivity index (χ3v) is 5.04. The van der Waals surface area contributed by atoms with Crippen molar-refractivity contribution in [3.63, 3.8) is 0 Å². The molecule has 0 aliphatic carbocycles. The average molecular weight is 375 g/mol. The van der Waals surface area contributed by atoms with Gasteiger partial charge in [0.2, 0.25) is 0 Å². The number of rotatable bonds is 6. The van der Waals surface area contributed by atoms with Crippen molar-refractivity contribution in [1.82, 2.24) is 10.2 Å². The summed E-state index contributed by atoms with van der Waals surface area (Å²) in [4.78, 5) is 11.8. The SMILES string of the molecule is CCOC(=O)c1cccc(NS(=O)(=O)c2cc(-c3ccn[nH]3)oc2C)c1. The highest BCUT2D eigenvalue weighted by Gasteiger charge is 2.23. The van der Waals surface area contributed by atoms with Crippen LogP contribution in [-0.4, -0.2) is 31.2 Å². The Balaban J connectivity index is 1.88. The Morgan fingerprint density at radius 3 is 2.81 bits per heavy atom. The van der Waals surface area contributed by atoms with Crippen LogP contribution < -0.4 is 4.72 Å². The molecule has 0 fully saturated rings. The predicted octanol–water partition coefficient (Wildman–Crippen LogP) is 2.96. The van der Waals surface area contributed by atoms with Gasteiger partial charge in [-0.1, -0.05) is 6.07 Å². The first-order valence-corrected chi connectivity index (χ1v) is 9.29. The van der Waals surface area contributed by atoms with Crippen molar-refractivity contribution >= 4 is 21.7 Å². The minimum absolute atomic E-state index is 0.00337. The third-order valence-electron chi connectivity index (χ3n) is 3.55. The van der Waals surface area contributed by atoms with Crippen LogP contribution in [0.5, 0.6) is 0 Å². The van der Waals surface area contributed by atoms with E-state index in [2.05, 4.69) is 14.9 Å². The number of sulfonamides is 1. The highest BCUT2D eigenvalue weighted by molar-refractivity contribution is 7.92. The van der Waals surface area contributed by atoms with Gasteiger partial charge >= 0.3 is 5.97 Å². The summed E-state index contributed by atoms with van der Waals surface area (Å²) in [5.74, 6) is 0.0823. The molecule has 8 nitrogen and oxygen atoms in total. The van der Waals surface area contributed by atoms with E-state index in [-0.39, 0.29) is 28.5 Å². The summed E-state index contributed by atoms with van der Waals surface area (Å²) in [6.45, 7) is 3.49. The first-order chi connectivity index (χ1) is 12.4. The summed E-state index contributed by atoms with van der Waals surface area (Å²) in [5, 5.41) is 6.53. The number of nitrogens with zero attached hydrogens (tertiary/aromatic N) is 1. The fourth-order valence-electron chi connectivity index (χ4n) is 2.39. The van der Waals surface area contributed by atoms with Gasteiger partial charge in [-0.05, 0) is 38.1 Å². The van der Waals surface area contributed by atoms with Crippen LogP contribution in [0.1, 0.15) is 23.0 Å². The molecular formula is C17H17N3O5S. The minimum Gasteiger partial charge on any atom is -0.462 e. The number of aromatic nitrogens is 2. The zero-order valence-corrected chi connectivity index (χ0v) is 15.0. The molecule has 0 saturated heterocycles. The molecule has 2 aromatic heterocycles. The van der Waals surface area contributed by atoms with E-state index in [9.17, 15) is 13.2 Å². The molecule has 2 heterocycles. The van der Waals surface area contributed by atoms with Gasteiger partial charge in [-0.2, -0.15) is 5.10 Å². The van der Waals surface area contributed by atoms with Crippen LogP contribution in [-0.2, 0) is 14.8 Å². The molecule has 0 spiro atoms. The molecule has 0 radical (unpaired) electrons. The number of aromatic amines is 1. The Hall–Kier alpha value is -3.07. The molecule has 26 heavy (non-hydrogen) atoms. The zero-order valence-electron chi connectivity index (χ0n) is 14.1. The van der Waals surface area contributed by atoms with E-state index in [4.69, 9.17) is 9.15 Å². The smallest absolute Gasteiger partial charge is 0.338 e.